The minimum atomic E-state index is -4.61. The van der Waals surface area contributed by atoms with E-state index in [2.05, 4.69) is 30.0 Å². The first-order valence-electron chi connectivity index (χ1n) is 12.4. The van der Waals surface area contributed by atoms with Crippen molar-refractivity contribution in [2.75, 3.05) is 20.2 Å². The average molecular weight is 561 g/mol. The summed E-state index contributed by atoms with van der Waals surface area (Å²) >= 11 is 1.09. The molecule has 2 N–H and O–H groups in total. The van der Waals surface area contributed by atoms with Crippen LogP contribution in [0.4, 0.5) is 17.6 Å². The normalized spacial score (nSPS) is 19.5. The third kappa shape index (κ3) is 4.42. The highest BCUT2D eigenvalue weighted by Crippen LogP contribution is 2.46. The van der Waals surface area contributed by atoms with E-state index in [1.807, 2.05) is 0 Å². The van der Waals surface area contributed by atoms with Gasteiger partial charge < -0.3 is 4.74 Å². The second-order valence-electron chi connectivity index (χ2n) is 9.79. The van der Waals surface area contributed by atoms with Crippen molar-refractivity contribution in [2.45, 2.75) is 44.6 Å². The van der Waals surface area contributed by atoms with Crippen LogP contribution in [-0.2, 0) is 6.18 Å². The number of aryl methyl sites for hydroxylation is 1. The quantitative estimate of drug-likeness (QED) is 0.273. The van der Waals surface area contributed by atoms with E-state index in [1.165, 1.54) is 45.3 Å². The first-order chi connectivity index (χ1) is 18.7. The Labute approximate surface area is 223 Å². The number of methoxy groups -OCH3 is 1. The summed E-state index contributed by atoms with van der Waals surface area (Å²) in [4.78, 5) is 26.2. The number of nitrogens with one attached hydrogen (secondary N) is 2. The van der Waals surface area contributed by atoms with Gasteiger partial charge in [-0.25, -0.2) is 4.39 Å². The SMILES string of the molecule is COc1nc2sc3c(-c4c(C(F)(F)F)c(C)cc5[nH]ncc45)nccc3c2c(=O)[nH]1.FC1CC2CCCN2C1. The monoisotopic (exact) mass is 560 g/mol. The van der Waals surface area contributed by atoms with Crippen LogP contribution in [0, 0.1) is 6.92 Å². The number of alkyl halides is 4. The van der Waals surface area contributed by atoms with E-state index in [0.29, 0.717) is 38.4 Å². The largest absolute Gasteiger partial charge is 0.468 e. The number of thiophene rings is 1. The van der Waals surface area contributed by atoms with Crippen LogP contribution in [0.15, 0.2) is 29.3 Å². The average Bonchev–Trinajstić information content (AvgIpc) is 3.65. The smallest absolute Gasteiger partial charge is 0.417 e. The van der Waals surface area contributed by atoms with Crippen LogP contribution in [0.3, 0.4) is 0 Å². The number of halogens is 4. The van der Waals surface area contributed by atoms with Gasteiger partial charge >= 0.3 is 6.18 Å². The van der Waals surface area contributed by atoms with Crippen molar-refractivity contribution >= 4 is 42.5 Å². The van der Waals surface area contributed by atoms with Crippen molar-refractivity contribution in [1.29, 1.82) is 0 Å². The molecular formula is C26H24F4N6O2S. The maximum absolute atomic E-state index is 14.1. The van der Waals surface area contributed by atoms with Crippen molar-refractivity contribution in [3.05, 3.63) is 46.0 Å². The van der Waals surface area contributed by atoms with Gasteiger partial charge in [-0.05, 0) is 50.4 Å². The summed E-state index contributed by atoms with van der Waals surface area (Å²) in [6.45, 7) is 3.25. The van der Waals surface area contributed by atoms with Crippen molar-refractivity contribution in [3.8, 4) is 17.3 Å². The van der Waals surface area contributed by atoms with Crippen molar-refractivity contribution < 1.29 is 22.3 Å². The Kier molecular flexibility index (Phi) is 6.29. The molecule has 2 aliphatic heterocycles. The van der Waals surface area contributed by atoms with Crippen molar-refractivity contribution in [1.82, 2.24) is 30.0 Å². The third-order valence-electron chi connectivity index (χ3n) is 7.35. The molecular weight excluding hydrogens is 536 g/mol. The predicted molar refractivity (Wildman–Crippen MR) is 141 cm³/mol. The fourth-order valence-electron chi connectivity index (χ4n) is 5.73. The van der Waals surface area contributed by atoms with E-state index >= 15 is 0 Å². The number of H-pyrrole nitrogens is 2. The zero-order valence-electron chi connectivity index (χ0n) is 21.0. The van der Waals surface area contributed by atoms with E-state index in [9.17, 15) is 22.4 Å². The third-order valence-corrected chi connectivity index (χ3v) is 8.46. The lowest BCUT2D eigenvalue weighted by Crippen LogP contribution is -2.22. The van der Waals surface area contributed by atoms with E-state index < -0.39 is 23.5 Å². The molecule has 2 aliphatic rings. The molecule has 0 saturated carbocycles. The highest BCUT2D eigenvalue weighted by molar-refractivity contribution is 7.26. The Hall–Kier alpha value is -3.58. The number of fused-ring (bicyclic) bond motifs is 5. The molecule has 2 atom stereocenters. The Morgan fingerprint density at radius 2 is 2.08 bits per heavy atom. The molecule has 4 aromatic heterocycles. The van der Waals surface area contributed by atoms with Gasteiger partial charge in [-0.1, -0.05) is 0 Å². The molecule has 2 fully saturated rings. The maximum atomic E-state index is 14.1. The van der Waals surface area contributed by atoms with Gasteiger partial charge in [0.05, 0.1) is 40.2 Å². The molecule has 0 bridgehead atoms. The number of hydrogen-bond acceptors (Lipinski definition) is 7. The van der Waals surface area contributed by atoms with E-state index in [0.717, 1.165) is 24.3 Å². The highest BCUT2D eigenvalue weighted by Gasteiger charge is 2.38. The number of rotatable bonds is 2. The van der Waals surface area contributed by atoms with Crippen molar-refractivity contribution in [3.63, 3.8) is 0 Å². The standard InChI is InChI=1S/C19H12F3N5O2S.C7H12FN/c1-7-5-10-9(6-24-27-10)11(13(7)19(20,21)22)14-15-8(3-4-23-14)12-16(28)25-18(29-2)26-17(12)30-15;8-6-4-7-2-1-3-9(7)5-6/h3-6H,1-2H3,(H,24,27)(H,25,26,28);6-7H,1-5H2. The molecule has 2 unspecified atom stereocenters. The van der Waals surface area contributed by atoms with Crippen LogP contribution < -0.4 is 10.3 Å². The Morgan fingerprint density at radius 3 is 2.82 bits per heavy atom. The number of ether oxygens (including phenoxy) is 1. The lowest BCUT2D eigenvalue weighted by molar-refractivity contribution is -0.137. The van der Waals surface area contributed by atoms with E-state index in [4.69, 9.17) is 4.74 Å². The molecule has 0 amide bonds. The minimum absolute atomic E-state index is 0.0253. The minimum Gasteiger partial charge on any atom is -0.468 e. The van der Waals surface area contributed by atoms with Gasteiger partial charge in [0.15, 0.2) is 0 Å². The summed E-state index contributed by atoms with van der Waals surface area (Å²) in [7, 11) is 1.36. The topological polar surface area (TPSA) is 99.8 Å². The van der Waals surface area contributed by atoms with Gasteiger partial charge in [0.2, 0.25) is 0 Å². The molecule has 1 aromatic carbocycles. The molecule has 8 nitrogen and oxygen atoms in total. The van der Waals surface area contributed by atoms with Crippen LogP contribution in [0.2, 0.25) is 0 Å². The second kappa shape index (κ2) is 9.56. The highest BCUT2D eigenvalue weighted by atomic mass is 32.1. The first-order valence-corrected chi connectivity index (χ1v) is 13.2. The summed E-state index contributed by atoms with van der Waals surface area (Å²) in [6.07, 6.45) is 0.945. The zero-order valence-corrected chi connectivity index (χ0v) is 21.8. The van der Waals surface area contributed by atoms with Crippen molar-refractivity contribution in [2.24, 2.45) is 0 Å². The Morgan fingerprint density at radius 1 is 1.26 bits per heavy atom. The fourth-order valence-corrected chi connectivity index (χ4v) is 6.89. The summed E-state index contributed by atoms with van der Waals surface area (Å²) in [5.41, 5.74) is -0.662. The molecule has 0 spiro atoms. The number of pyridine rings is 1. The van der Waals surface area contributed by atoms with Gasteiger partial charge in [0.25, 0.3) is 11.6 Å². The molecule has 0 radical (unpaired) electrons. The van der Waals surface area contributed by atoms with Gasteiger partial charge in [0, 0.05) is 35.1 Å². The number of hydrogen-bond donors (Lipinski definition) is 2. The lowest BCUT2D eigenvalue weighted by Gasteiger charge is -2.17. The van der Waals surface area contributed by atoms with Gasteiger partial charge in [-0.15, -0.1) is 11.3 Å². The number of aromatic nitrogens is 5. The Bertz CT molecular complexity index is 1750. The van der Waals surface area contributed by atoms with Crippen LogP contribution in [0.1, 0.15) is 30.4 Å². The van der Waals surface area contributed by atoms with Crippen LogP contribution in [-0.4, -0.2) is 62.5 Å². The number of nitrogens with zero attached hydrogens (tertiary/aromatic N) is 4. The molecule has 39 heavy (non-hydrogen) atoms. The van der Waals surface area contributed by atoms with Crippen LogP contribution in [0.5, 0.6) is 6.01 Å². The zero-order chi connectivity index (χ0) is 27.5. The first kappa shape index (κ1) is 25.7. The Balaban J connectivity index is 0.000000258. The number of benzene rings is 1. The summed E-state index contributed by atoms with van der Waals surface area (Å²) in [5.74, 6) is 0. The lowest BCUT2D eigenvalue weighted by atomic mass is 9.94. The fraction of sp³-hybridized carbons (Fsp3) is 0.385. The van der Waals surface area contributed by atoms with E-state index in [1.54, 1.807) is 6.07 Å². The molecule has 7 rings (SSSR count). The number of aromatic amines is 2. The second-order valence-corrected chi connectivity index (χ2v) is 10.8. The van der Waals surface area contributed by atoms with Gasteiger partial charge in [-0.3, -0.25) is 24.8 Å². The molecule has 5 aromatic rings. The molecule has 0 aliphatic carbocycles. The summed E-state index contributed by atoms with van der Waals surface area (Å²) in [5, 5.41) is 7.69. The van der Waals surface area contributed by atoms with Crippen LogP contribution in [0.25, 0.3) is 42.5 Å². The molecule has 204 valence electrons. The maximum Gasteiger partial charge on any atom is 0.417 e. The molecule has 6 heterocycles. The molecule has 2 saturated heterocycles. The van der Waals surface area contributed by atoms with Gasteiger partial charge in [0.1, 0.15) is 11.0 Å². The van der Waals surface area contributed by atoms with Crippen LogP contribution >= 0.6 is 11.3 Å². The summed E-state index contributed by atoms with van der Waals surface area (Å²) < 4.78 is 60.2. The van der Waals surface area contributed by atoms with Gasteiger partial charge in [-0.2, -0.15) is 23.3 Å². The summed E-state index contributed by atoms with van der Waals surface area (Å²) in [6, 6.07) is 3.64. The molecule has 13 heteroatoms. The predicted octanol–water partition coefficient (Wildman–Crippen LogP) is 5.60. The van der Waals surface area contributed by atoms with E-state index in [-0.39, 0.29) is 28.2 Å².